The Bertz CT molecular complexity index is 507. The molecule has 1 atom stereocenters. The first-order valence-corrected chi connectivity index (χ1v) is 6.94. The molecular formula is C15H18BrN. The van der Waals surface area contributed by atoms with Crippen molar-refractivity contribution in [3.8, 4) is 0 Å². The molecule has 1 N–H and O–H groups in total. The summed E-state index contributed by atoms with van der Waals surface area (Å²) >= 11 is 3.50. The molecule has 0 saturated carbocycles. The number of fused-ring (bicyclic) bond motifs is 1. The molecule has 2 heteroatoms. The van der Waals surface area contributed by atoms with Gasteiger partial charge in [-0.05, 0) is 48.4 Å². The molecule has 1 nitrogen and oxygen atoms in total. The van der Waals surface area contributed by atoms with Crippen LogP contribution in [0.25, 0.3) is 10.8 Å². The third-order valence-corrected chi connectivity index (χ3v) is 3.43. The molecule has 0 saturated heterocycles. The molecule has 0 heterocycles. The van der Waals surface area contributed by atoms with Crippen LogP contribution in [0.2, 0.25) is 0 Å². The van der Waals surface area contributed by atoms with E-state index in [4.69, 9.17) is 0 Å². The fourth-order valence-electron chi connectivity index (χ4n) is 2.10. The molecular weight excluding hydrogens is 274 g/mol. The Kier molecular flexibility index (Phi) is 4.06. The lowest BCUT2D eigenvalue weighted by Gasteiger charge is -2.14. The van der Waals surface area contributed by atoms with Crippen molar-refractivity contribution in [1.29, 1.82) is 0 Å². The molecule has 17 heavy (non-hydrogen) atoms. The minimum Gasteiger partial charge on any atom is -0.383 e. The molecule has 0 aliphatic rings. The highest BCUT2D eigenvalue weighted by Gasteiger charge is 2.01. The van der Waals surface area contributed by atoms with Gasteiger partial charge in [0.15, 0.2) is 0 Å². The van der Waals surface area contributed by atoms with Gasteiger partial charge in [0.05, 0.1) is 0 Å². The summed E-state index contributed by atoms with van der Waals surface area (Å²) in [6, 6.07) is 13.5. The molecule has 0 fully saturated rings. The van der Waals surface area contributed by atoms with Crippen molar-refractivity contribution in [2.75, 3.05) is 5.32 Å². The maximum absolute atomic E-state index is 3.54. The Morgan fingerprint density at radius 2 is 1.82 bits per heavy atom. The summed E-state index contributed by atoms with van der Waals surface area (Å²) in [7, 11) is 0. The lowest BCUT2D eigenvalue weighted by Crippen LogP contribution is -2.14. The second-order valence-corrected chi connectivity index (χ2v) is 5.46. The zero-order valence-electron chi connectivity index (χ0n) is 10.3. The van der Waals surface area contributed by atoms with Crippen LogP contribution in [0.4, 0.5) is 5.69 Å². The number of rotatable bonds is 4. The van der Waals surface area contributed by atoms with Gasteiger partial charge >= 0.3 is 0 Å². The third-order valence-electron chi connectivity index (χ3n) is 2.94. The van der Waals surface area contributed by atoms with E-state index in [2.05, 4.69) is 71.5 Å². The largest absolute Gasteiger partial charge is 0.383 e. The van der Waals surface area contributed by atoms with E-state index < -0.39 is 0 Å². The van der Waals surface area contributed by atoms with Gasteiger partial charge in [0.25, 0.3) is 0 Å². The number of hydrogen-bond donors (Lipinski definition) is 1. The summed E-state index contributed by atoms with van der Waals surface area (Å²) in [5, 5.41) is 6.09. The smallest absolute Gasteiger partial charge is 0.0348 e. The fourth-order valence-corrected chi connectivity index (χ4v) is 2.47. The molecule has 0 aromatic heterocycles. The molecule has 0 aliphatic heterocycles. The molecule has 0 radical (unpaired) electrons. The van der Waals surface area contributed by atoms with E-state index in [1.165, 1.54) is 29.3 Å². The molecule has 0 amide bonds. The van der Waals surface area contributed by atoms with Crippen molar-refractivity contribution in [2.45, 2.75) is 32.7 Å². The lowest BCUT2D eigenvalue weighted by atomic mass is 10.1. The van der Waals surface area contributed by atoms with Gasteiger partial charge in [-0.2, -0.15) is 0 Å². The molecule has 2 rings (SSSR count). The quantitative estimate of drug-likeness (QED) is 0.816. The first-order chi connectivity index (χ1) is 8.19. The number of anilines is 1. The molecule has 0 bridgehead atoms. The van der Waals surface area contributed by atoms with Crippen LogP contribution >= 0.6 is 15.9 Å². The van der Waals surface area contributed by atoms with Crippen molar-refractivity contribution < 1.29 is 0 Å². The SMILES string of the molecule is CCCC(C)Nc1ccc2cc(Br)ccc2c1. The Hall–Kier alpha value is -1.02. The summed E-state index contributed by atoms with van der Waals surface area (Å²) in [6.07, 6.45) is 2.42. The van der Waals surface area contributed by atoms with Crippen LogP contribution in [0.3, 0.4) is 0 Å². The van der Waals surface area contributed by atoms with Crippen molar-refractivity contribution in [1.82, 2.24) is 0 Å². The molecule has 2 aromatic carbocycles. The average Bonchev–Trinajstić information content (AvgIpc) is 2.29. The van der Waals surface area contributed by atoms with Crippen LogP contribution in [0.1, 0.15) is 26.7 Å². The first-order valence-electron chi connectivity index (χ1n) is 6.15. The number of nitrogens with one attached hydrogen (secondary N) is 1. The zero-order valence-corrected chi connectivity index (χ0v) is 11.9. The molecule has 90 valence electrons. The number of benzene rings is 2. The predicted octanol–water partition coefficient (Wildman–Crippen LogP) is 5.20. The van der Waals surface area contributed by atoms with Crippen LogP contribution < -0.4 is 5.32 Å². The minimum atomic E-state index is 0.535. The van der Waals surface area contributed by atoms with Gasteiger partial charge in [-0.25, -0.2) is 0 Å². The molecule has 0 aliphatic carbocycles. The monoisotopic (exact) mass is 291 g/mol. The van der Waals surface area contributed by atoms with Crippen LogP contribution in [-0.4, -0.2) is 6.04 Å². The normalized spacial score (nSPS) is 12.6. The summed E-state index contributed by atoms with van der Waals surface area (Å²) < 4.78 is 1.13. The summed E-state index contributed by atoms with van der Waals surface area (Å²) in [5.74, 6) is 0. The number of halogens is 1. The predicted molar refractivity (Wildman–Crippen MR) is 79.6 cm³/mol. The standard InChI is InChI=1S/C15H18BrN/c1-3-4-11(2)17-15-8-6-12-9-14(16)7-5-13(12)10-15/h5-11,17H,3-4H2,1-2H3. The molecule has 1 unspecified atom stereocenters. The van der Waals surface area contributed by atoms with E-state index in [1.54, 1.807) is 0 Å². The summed E-state index contributed by atoms with van der Waals surface area (Å²) in [4.78, 5) is 0. The Labute approximate surface area is 111 Å². The van der Waals surface area contributed by atoms with Gasteiger partial charge in [0, 0.05) is 16.2 Å². The Morgan fingerprint density at radius 3 is 2.59 bits per heavy atom. The maximum Gasteiger partial charge on any atom is 0.0348 e. The lowest BCUT2D eigenvalue weighted by molar-refractivity contribution is 0.690. The van der Waals surface area contributed by atoms with Crippen molar-refractivity contribution >= 4 is 32.4 Å². The van der Waals surface area contributed by atoms with E-state index >= 15 is 0 Å². The first kappa shape index (κ1) is 12.4. The summed E-state index contributed by atoms with van der Waals surface area (Å²) in [6.45, 7) is 4.45. The van der Waals surface area contributed by atoms with Crippen LogP contribution in [0.5, 0.6) is 0 Å². The second kappa shape index (κ2) is 5.54. The fraction of sp³-hybridized carbons (Fsp3) is 0.333. The van der Waals surface area contributed by atoms with E-state index in [0.717, 1.165) is 4.47 Å². The van der Waals surface area contributed by atoms with E-state index in [9.17, 15) is 0 Å². The second-order valence-electron chi connectivity index (χ2n) is 4.54. The Morgan fingerprint density at radius 1 is 1.12 bits per heavy atom. The van der Waals surface area contributed by atoms with Gasteiger partial charge in [-0.15, -0.1) is 0 Å². The van der Waals surface area contributed by atoms with Crippen molar-refractivity contribution in [3.63, 3.8) is 0 Å². The topological polar surface area (TPSA) is 12.0 Å². The van der Waals surface area contributed by atoms with Gasteiger partial charge in [0.2, 0.25) is 0 Å². The molecule has 2 aromatic rings. The maximum atomic E-state index is 3.54. The minimum absolute atomic E-state index is 0.535. The highest BCUT2D eigenvalue weighted by molar-refractivity contribution is 9.10. The van der Waals surface area contributed by atoms with Crippen LogP contribution in [0, 0.1) is 0 Å². The zero-order chi connectivity index (χ0) is 12.3. The third kappa shape index (κ3) is 3.22. The van der Waals surface area contributed by atoms with E-state index in [-0.39, 0.29) is 0 Å². The van der Waals surface area contributed by atoms with Gasteiger partial charge < -0.3 is 5.32 Å². The van der Waals surface area contributed by atoms with E-state index in [1.807, 2.05) is 0 Å². The molecule has 0 spiro atoms. The van der Waals surface area contributed by atoms with Gasteiger partial charge in [0.1, 0.15) is 0 Å². The average molecular weight is 292 g/mol. The van der Waals surface area contributed by atoms with E-state index in [0.29, 0.717) is 6.04 Å². The van der Waals surface area contributed by atoms with Gasteiger partial charge in [-0.1, -0.05) is 41.4 Å². The number of hydrogen-bond acceptors (Lipinski definition) is 1. The highest BCUT2D eigenvalue weighted by atomic mass is 79.9. The van der Waals surface area contributed by atoms with Crippen molar-refractivity contribution in [2.24, 2.45) is 0 Å². The van der Waals surface area contributed by atoms with Crippen LogP contribution in [0.15, 0.2) is 40.9 Å². The van der Waals surface area contributed by atoms with Crippen LogP contribution in [-0.2, 0) is 0 Å². The summed E-state index contributed by atoms with van der Waals surface area (Å²) in [5.41, 5.74) is 1.21. The van der Waals surface area contributed by atoms with Crippen molar-refractivity contribution in [3.05, 3.63) is 40.9 Å². The Balaban J connectivity index is 2.23. The highest BCUT2D eigenvalue weighted by Crippen LogP contribution is 2.23. The van der Waals surface area contributed by atoms with Gasteiger partial charge in [-0.3, -0.25) is 0 Å².